The van der Waals surface area contributed by atoms with Crippen molar-refractivity contribution in [2.24, 2.45) is 0 Å². The van der Waals surface area contributed by atoms with E-state index in [2.05, 4.69) is 0 Å². The maximum absolute atomic E-state index is 14.3. The molecule has 4 aliphatic rings. The minimum Gasteiger partial charge on any atom is -0.452 e. The van der Waals surface area contributed by atoms with Gasteiger partial charge in [-0.25, -0.2) is 9.97 Å². The molecule has 0 atom stereocenters. The van der Waals surface area contributed by atoms with Crippen molar-refractivity contribution in [2.75, 3.05) is 0 Å². The number of fused-ring (bicyclic) bond motifs is 8. The maximum Gasteiger partial charge on any atom is 0.198 e. The Kier molecular flexibility index (Phi) is 4.56. The predicted octanol–water partition coefficient (Wildman–Crippen LogP) is 7.49. The fourth-order valence-corrected chi connectivity index (χ4v) is 5.67. The van der Waals surface area contributed by atoms with Crippen molar-refractivity contribution in [1.82, 2.24) is 9.97 Å². The summed E-state index contributed by atoms with van der Waals surface area (Å²) in [6.45, 7) is 3.97. The highest BCUT2D eigenvalue weighted by Gasteiger charge is 2.31. The summed E-state index contributed by atoms with van der Waals surface area (Å²) in [7, 11) is 0. The zero-order chi connectivity index (χ0) is 27.1. The molecular formula is C34H20N2O4. The van der Waals surface area contributed by atoms with Crippen LogP contribution < -0.4 is 10.9 Å². The molecule has 6 heteroatoms. The van der Waals surface area contributed by atoms with E-state index in [1.807, 2.05) is 74.5 Å². The summed E-state index contributed by atoms with van der Waals surface area (Å²) in [4.78, 5) is 38.5. The van der Waals surface area contributed by atoms with Crippen molar-refractivity contribution in [3.05, 3.63) is 117 Å². The third-order valence-electron chi connectivity index (χ3n) is 7.56. The van der Waals surface area contributed by atoms with Crippen molar-refractivity contribution in [2.45, 2.75) is 13.8 Å². The number of rotatable bonds is 1. The van der Waals surface area contributed by atoms with E-state index in [0.717, 1.165) is 11.1 Å². The van der Waals surface area contributed by atoms with Crippen molar-refractivity contribution < 1.29 is 8.83 Å². The Labute approximate surface area is 226 Å². The van der Waals surface area contributed by atoms with Crippen LogP contribution in [0.25, 0.3) is 77.8 Å². The second kappa shape index (κ2) is 8.07. The van der Waals surface area contributed by atoms with Gasteiger partial charge in [-0.05, 0) is 49.2 Å². The Morgan fingerprint density at radius 3 is 1.35 bits per heavy atom. The highest BCUT2D eigenvalue weighted by Crippen LogP contribution is 2.42. The van der Waals surface area contributed by atoms with E-state index in [4.69, 9.17) is 18.8 Å². The van der Waals surface area contributed by atoms with Gasteiger partial charge < -0.3 is 8.83 Å². The molecule has 0 unspecified atom stereocenters. The molecule has 8 rings (SSSR count). The molecule has 40 heavy (non-hydrogen) atoms. The van der Waals surface area contributed by atoms with Crippen LogP contribution in [0.1, 0.15) is 11.1 Å². The smallest absolute Gasteiger partial charge is 0.198 e. The van der Waals surface area contributed by atoms with Gasteiger partial charge in [0, 0.05) is 21.5 Å². The molecule has 0 amide bonds. The van der Waals surface area contributed by atoms with Gasteiger partial charge >= 0.3 is 0 Å². The Morgan fingerprint density at radius 1 is 0.525 bits per heavy atom. The van der Waals surface area contributed by atoms with Crippen molar-refractivity contribution >= 4 is 43.7 Å². The monoisotopic (exact) mass is 520 g/mol. The second-order valence-corrected chi connectivity index (χ2v) is 10.2. The molecular weight excluding hydrogens is 500 g/mol. The number of aryl methyl sites for hydroxylation is 2. The van der Waals surface area contributed by atoms with Crippen LogP contribution in [0.4, 0.5) is 0 Å². The van der Waals surface area contributed by atoms with Crippen molar-refractivity contribution in [3.8, 4) is 34.0 Å². The highest BCUT2D eigenvalue weighted by molar-refractivity contribution is 6.08. The average Bonchev–Trinajstić information content (AvgIpc) is 2.97. The zero-order valence-electron chi connectivity index (χ0n) is 21.6. The molecule has 0 radical (unpaired) electrons. The number of aromatic nitrogens is 2. The Bertz CT molecular complexity index is 2230. The Balaban J connectivity index is 1.64. The van der Waals surface area contributed by atoms with Gasteiger partial charge in [0.1, 0.15) is 22.4 Å². The SMILES string of the molecule is Cc1ccc2oc3c(-c4c5oc6ccc(C)cc6nc-5c5ccccc5c4=O)c(=O)c4ccccc4c-3nc2c1. The quantitative estimate of drug-likeness (QED) is 0.165. The molecule has 4 aromatic carbocycles. The molecule has 0 aromatic heterocycles. The van der Waals surface area contributed by atoms with E-state index in [1.54, 1.807) is 24.3 Å². The zero-order valence-corrected chi connectivity index (χ0v) is 21.6. The van der Waals surface area contributed by atoms with Crippen LogP contribution in [0.5, 0.6) is 0 Å². The van der Waals surface area contributed by atoms with Gasteiger partial charge in [-0.2, -0.15) is 0 Å². The molecule has 0 spiro atoms. The van der Waals surface area contributed by atoms with E-state index in [1.165, 1.54) is 0 Å². The van der Waals surface area contributed by atoms with Crippen molar-refractivity contribution in [3.63, 3.8) is 0 Å². The van der Waals surface area contributed by atoms with Gasteiger partial charge in [0.25, 0.3) is 0 Å². The molecule has 0 saturated heterocycles. The summed E-state index contributed by atoms with van der Waals surface area (Å²) in [5, 5.41) is 2.22. The molecule has 6 nitrogen and oxygen atoms in total. The fourth-order valence-electron chi connectivity index (χ4n) is 5.67. The molecule has 2 heterocycles. The van der Waals surface area contributed by atoms with E-state index >= 15 is 0 Å². The summed E-state index contributed by atoms with van der Waals surface area (Å²) in [5.74, 6) is 0.487. The summed E-state index contributed by atoms with van der Waals surface area (Å²) in [6, 6.07) is 25.9. The van der Waals surface area contributed by atoms with Crippen LogP contribution in [-0.2, 0) is 0 Å². The summed E-state index contributed by atoms with van der Waals surface area (Å²) in [5.41, 5.74) is 5.06. The molecule has 0 N–H and O–H groups in total. The first kappa shape index (κ1) is 22.6. The first-order chi connectivity index (χ1) is 19.5. The van der Waals surface area contributed by atoms with E-state index in [-0.39, 0.29) is 33.5 Å². The standard InChI is InChI=1S/C34H20N2O4/c1-17-11-13-25-23(15-17)35-29-19-7-3-5-9-21(19)31(37)27(33(29)39-25)28-32(38)22-10-6-4-8-20(22)30-34(28)40-26-14-12-18(2)16-24(26)36-30/h3-16H,1-2H3. The highest BCUT2D eigenvalue weighted by atomic mass is 16.3. The summed E-state index contributed by atoms with van der Waals surface area (Å²) in [6.07, 6.45) is 0. The Morgan fingerprint density at radius 2 is 0.925 bits per heavy atom. The lowest BCUT2D eigenvalue weighted by atomic mass is 9.90. The Hall–Kier alpha value is -5.36. The normalized spacial score (nSPS) is 11.9. The van der Waals surface area contributed by atoms with Crippen LogP contribution in [0, 0.1) is 13.8 Å². The van der Waals surface area contributed by atoms with Gasteiger partial charge in [-0.3, -0.25) is 9.59 Å². The molecule has 0 bridgehead atoms. The van der Waals surface area contributed by atoms with Crippen LogP contribution >= 0.6 is 0 Å². The lowest BCUT2D eigenvalue weighted by molar-refractivity contribution is 0.608. The van der Waals surface area contributed by atoms with Gasteiger partial charge in [0.05, 0.1) is 11.1 Å². The topological polar surface area (TPSA) is 86.2 Å². The summed E-state index contributed by atoms with van der Waals surface area (Å²) >= 11 is 0. The van der Waals surface area contributed by atoms with Gasteiger partial charge in [0.15, 0.2) is 33.5 Å². The molecule has 2 aliphatic carbocycles. The van der Waals surface area contributed by atoms with Crippen LogP contribution in [0.2, 0.25) is 0 Å². The first-order valence-corrected chi connectivity index (χ1v) is 13.0. The molecule has 4 aromatic rings. The minimum absolute atomic E-state index is 0.126. The number of nitrogens with zero attached hydrogens (tertiary/aromatic N) is 2. The predicted molar refractivity (Wildman–Crippen MR) is 157 cm³/mol. The molecule has 190 valence electrons. The number of hydrogen-bond donors (Lipinski definition) is 0. The lowest BCUT2D eigenvalue weighted by Gasteiger charge is -2.18. The van der Waals surface area contributed by atoms with Gasteiger partial charge in [-0.15, -0.1) is 0 Å². The largest absolute Gasteiger partial charge is 0.452 e. The van der Waals surface area contributed by atoms with E-state index < -0.39 is 0 Å². The molecule has 2 aliphatic heterocycles. The maximum atomic E-state index is 14.3. The number of hydrogen-bond acceptors (Lipinski definition) is 6. The number of benzene rings is 6. The van der Waals surface area contributed by atoms with E-state index in [0.29, 0.717) is 55.1 Å². The third kappa shape index (κ3) is 3.10. The van der Waals surface area contributed by atoms with E-state index in [9.17, 15) is 9.59 Å². The first-order valence-electron chi connectivity index (χ1n) is 13.0. The third-order valence-corrected chi connectivity index (χ3v) is 7.56. The fraction of sp³-hybridized carbons (Fsp3) is 0.0588. The van der Waals surface area contributed by atoms with Gasteiger partial charge in [-0.1, -0.05) is 60.7 Å². The van der Waals surface area contributed by atoms with Crippen LogP contribution in [0.3, 0.4) is 0 Å². The average molecular weight is 521 g/mol. The van der Waals surface area contributed by atoms with Crippen LogP contribution in [-0.4, -0.2) is 9.97 Å². The second-order valence-electron chi connectivity index (χ2n) is 10.2. The van der Waals surface area contributed by atoms with Gasteiger partial charge in [0.2, 0.25) is 0 Å². The molecule has 0 saturated carbocycles. The molecule has 0 fully saturated rings. The van der Waals surface area contributed by atoms with Crippen LogP contribution in [0.15, 0.2) is 103 Å². The van der Waals surface area contributed by atoms with Crippen molar-refractivity contribution in [1.29, 1.82) is 0 Å². The lowest BCUT2D eigenvalue weighted by Crippen LogP contribution is -2.18. The summed E-state index contributed by atoms with van der Waals surface area (Å²) < 4.78 is 12.9. The minimum atomic E-state index is -0.326.